The molecule has 162 valence electrons. The molecule has 0 saturated heterocycles. The summed E-state index contributed by atoms with van der Waals surface area (Å²) in [5.74, 6) is -0.106. The van der Waals surface area contributed by atoms with Crippen LogP contribution in [0.4, 0.5) is 5.00 Å². The van der Waals surface area contributed by atoms with E-state index < -0.39 is 5.97 Å². The largest absolute Gasteiger partial charge is 0.461 e. The third kappa shape index (κ3) is 4.54. The number of ether oxygens (including phenoxy) is 1. The van der Waals surface area contributed by atoms with Gasteiger partial charge in [0.25, 0.3) is 5.56 Å². The van der Waals surface area contributed by atoms with Crippen LogP contribution in [-0.4, -0.2) is 28.3 Å². The van der Waals surface area contributed by atoms with Crippen molar-refractivity contribution in [2.45, 2.75) is 45.4 Å². The van der Waals surface area contributed by atoms with Crippen LogP contribution in [0.15, 0.2) is 40.5 Å². The summed E-state index contributed by atoms with van der Waals surface area (Å²) in [5.41, 5.74) is 0.203. The number of nitrogens with zero attached hydrogens (tertiary/aromatic N) is 2. The molecule has 4 rings (SSSR count). The zero-order chi connectivity index (χ0) is 21.8. The molecule has 1 aliphatic carbocycles. The maximum absolute atomic E-state index is 13.3. The Kier molecular flexibility index (Phi) is 6.46. The summed E-state index contributed by atoms with van der Waals surface area (Å²) < 4.78 is 6.34. The standard InChI is InChI=1S/C23H25N3O4S/c1-2-30-23(29)20-17-14-31-21(24-18(27)13-12-15-8-6-7-9-15)19(17)22(28)26(25-20)16-10-4-3-5-11-16/h3-5,10-11,14-15H,2,6-9,12-13H2,1H3,(H,24,27). The summed E-state index contributed by atoms with van der Waals surface area (Å²) in [7, 11) is 0. The molecule has 0 bridgehead atoms. The fourth-order valence-corrected chi connectivity index (χ4v) is 5.01. The van der Waals surface area contributed by atoms with E-state index in [9.17, 15) is 14.4 Å². The van der Waals surface area contributed by atoms with E-state index in [2.05, 4.69) is 10.4 Å². The van der Waals surface area contributed by atoms with Gasteiger partial charge in [-0.05, 0) is 31.4 Å². The minimum absolute atomic E-state index is 0.0583. The average Bonchev–Trinajstić information content (AvgIpc) is 3.44. The Morgan fingerprint density at radius 3 is 2.68 bits per heavy atom. The van der Waals surface area contributed by atoms with Crippen molar-refractivity contribution < 1.29 is 14.3 Å². The minimum Gasteiger partial charge on any atom is -0.461 e. The van der Waals surface area contributed by atoms with Crippen LogP contribution in [0.25, 0.3) is 16.5 Å². The number of nitrogens with one attached hydrogen (secondary N) is 1. The van der Waals surface area contributed by atoms with Gasteiger partial charge in [-0.1, -0.05) is 43.9 Å². The van der Waals surface area contributed by atoms with Crippen molar-refractivity contribution in [2.24, 2.45) is 5.92 Å². The van der Waals surface area contributed by atoms with E-state index >= 15 is 0 Å². The molecule has 0 atom stereocenters. The van der Waals surface area contributed by atoms with Crippen molar-refractivity contribution in [2.75, 3.05) is 11.9 Å². The molecule has 1 saturated carbocycles. The first-order chi connectivity index (χ1) is 15.1. The predicted octanol–water partition coefficient (Wildman–Crippen LogP) is 4.53. The van der Waals surface area contributed by atoms with Gasteiger partial charge < -0.3 is 10.1 Å². The van der Waals surface area contributed by atoms with Crippen molar-refractivity contribution >= 4 is 39.0 Å². The highest BCUT2D eigenvalue weighted by Crippen LogP contribution is 2.32. The molecule has 3 aromatic rings. The highest BCUT2D eigenvalue weighted by atomic mass is 32.1. The number of rotatable bonds is 7. The van der Waals surface area contributed by atoms with Gasteiger partial charge in [0.05, 0.1) is 17.7 Å². The number of hydrogen-bond donors (Lipinski definition) is 1. The predicted molar refractivity (Wildman–Crippen MR) is 121 cm³/mol. The second-order valence-electron chi connectivity index (χ2n) is 7.71. The molecule has 2 aromatic heterocycles. The molecule has 2 heterocycles. The third-order valence-corrected chi connectivity index (χ3v) is 6.52. The van der Waals surface area contributed by atoms with Crippen molar-refractivity contribution in [1.82, 2.24) is 9.78 Å². The lowest BCUT2D eigenvalue weighted by Crippen LogP contribution is -2.25. The van der Waals surface area contributed by atoms with Crippen LogP contribution >= 0.6 is 11.3 Å². The third-order valence-electron chi connectivity index (χ3n) is 5.63. The molecule has 1 N–H and O–H groups in total. The van der Waals surface area contributed by atoms with Gasteiger partial charge in [0.15, 0.2) is 5.69 Å². The van der Waals surface area contributed by atoms with Gasteiger partial charge in [-0.25, -0.2) is 4.79 Å². The van der Waals surface area contributed by atoms with Gasteiger partial charge in [0, 0.05) is 17.2 Å². The van der Waals surface area contributed by atoms with E-state index in [0.29, 0.717) is 28.4 Å². The number of carbonyl (C=O) groups is 2. The maximum atomic E-state index is 13.3. The van der Waals surface area contributed by atoms with Gasteiger partial charge in [-0.3, -0.25) is 9.59 Å². The molecule has 1 amide bonds. The van der Waals surface area contributed by atoms with E-state index in [0.717, 1.165) is 6.42 Å². The van der Waals surface area contributed by atoms with Gasteiger partial charge >= 0.3 is 5.97 Å². The smallest absolute Gasteiger partial charge is 0.359 e. The Morgan fingerprint density at radius 2 is 1.97 bits per heavy atom. The molecule has 0 spiro atoms. The van der Waals surface area contributed by atoms with Crippen molar-refractivity contribution in [3.8, 4) is 5.69 Å². The zero-order valence-electron chi connectivity index (χ0n) is 17.4. The van der Waals surface area contributed by atoms with Crippen molar-refractivity contribution in [1.29, 1.82) is 0 Å². The highest BCUT2D eigenvalue weighted by Gasteiger charge is 2.23. The van der Waals surface area contributed by atoms with Crippen molar-refractivity contribution in [3.63, 3.8) is 0 Å². The normalized spacial score (nSPS) is 14.1. The molecule has 8 heteroatoms. The minimum atomic E-state index is -0.603. The Bertz CT molecular complexity index is 1150. The van der Waals surface area contributed by atoms with Crippen LogP contribution in [0.1, 0.15) is 55.9 Å². The number of fused-ring (bicyclic) bond motifs is 1. The molecule has 1 aliphatic rings. The van der Waals surface area contributed by atoms with Crippen LogP contribution in [0.2, 0.25) is 0 Å². The number of esters is 1. The SMILES string of the molecule is CCOC(=O)c1nn(-c2ccccc2)c(=O)c2c(NC(=O)CCC3CCCC3)scc12. The highest BCUT2D eigenvalue weighted by molar-refractivity contribution is 7.16. The number of anilines is 1. The fourth-order valence-electron chi connectivity index (χ4n) is 4.06. The number of benzene rings is 1. The van der Waals surface area contributed by atoms with Gasteiger partial charge in [-0.2, -0.15) is 9.78 Å². The van der Waals surface area contributed by atoms with E-state index in [1.54, 1.807) is 36.6 Å². The summed E-state index contributed by atoms with van der Waals surface area (Å²) in [4.78, 5) is 38.4. The van der Waals surface area contributed by atoms with Crippen molar-refractivity contribution in [3.05, 3.63) is 51.8 Å². The first-order valence-corrected chi connectivity index (χ1v) is 11.5. The van der Waals surface area contributed by atoms with Crippen LogP contribution in [0.5, 0.6) is 0 Å². The lowest BCUT2D eigenvalue weighted by atomic mass is 10.0. The van der Waals surface area contributed by atoms with Gasteiger partial charge in [0.1, 0.15) is 5.00 Å². The molecular weight excluding hydrogens is 414 g/mol. The molecule has 0 unspecified atom stereocenters. The topological polar surface area (TPSA) is 90.3 Å². The Balaban J connectivity index is 1.71. The summed E-state index contributed by atoms with van der Waals surface area (Å²) in [6.07, 6.45) is 6.14. The Hall–Kier alpha value is -3.00. The number of aromatic nitrogens is 2. The number of thiophene rings is 1. The number of amides is 1. The van der Waals surface area contributed by atoms with Crippen LogP contribution in [0, 0.1) is 5.92 Å². The second kappa shape index (κ2) is 9.43. The lowest BCUT2D eigenvalue weighted by molar-refractivity contribution is -0.116. The Morgan fingerprint density at radius 1 is 1.23 bits per heavy atom. The summed E-state index contributed by atoms with van der Waals surface area (Å²) >= 11 is 1.22. The molecule has 1 fully saturated rings. The monoisotopic (exact) mass is 439 g/mol. The molecule has 31 heavy (non-hydrogen) atoms. The van der Waals surface area contributed by atoms with E-state index in [4.69, 9.17) is 4.74 Å². The lowest BCUT2D eigenvalue weighted by Gasteiger charge is -2.10. The van der Waals surface area contributed by atoms with Crippen LogP contribution in [0.3, 0.4) is 0 Å². The zero-order valence-corrected chi connectivity index (χ0v) is 18.2. The summed E-state index contributed by atoms with van der Waals surface area (Å²) in [6.45, 7) is 1.91. The molecular formula is C23H25N3O4S. The molecule has 7 nitrogen and oxygen atoms in total. The fraction of sp³-hybridized carbons (Fsp3) is 0.391. The number of para-hydroxylation sites is 1. The number of hydrogen-bond acceptors (Lipinski definition) is 6. The second-order valence-corrected chi connectivity index (χ2v) is 8.59. The van der Waals surface area contributed by atoms with E-state index in [1.165, 1.54) is 41.7 Å². The summed E-state index contributed by atoms with van der Waals surface area (Å²) in [6, 6.07) is 8.89. The first-order valence-electron chi connectivity index (χ1n) is 10.7. The van der Waals surface area contributed by atoms with E-state index in [1.807, 2.05) is 6.07 Å². The molecule has 0 aliphatic heterocycles. The number of carbonyl (C=O) groups excluding carboxylic acids is 2. The van der Waals surface area contributed by atoms with Crippen LogP contribution in [-0.2, 0) is 9.53 Å². The summed E-state index contributed by atoms with van der Waals surface area (Å²) in [5, 5.41) is 9.98. The van der Waals surface area contributed by atoms with E-state index in [-0.39, 0.29) is 29.2 Å². The van der Waals surface area contributed by atoms with Gasteiger partial charge in [0.2, 0.25) is 5.91 Å². The quantitative estimate of drug-likeness (QED) is 0.546. The Labute approximate surface area is 184 Å². The molecule has 1 aromatic carbocycles. The van der Waals surface area contributed by atoms with Crippen LogP contribution < -0.4 is 10.9 Å². The first kappa shape index (κ1) is 21.2. The average molecular weight is 440 g/mol. The molecule has 0 radical (unpaired) electrons. The van der Waals surface area contributed by atoms with Gasteiger partial charge in [-0.15, -0.1) is 11.3 Å². The maximum Gasteiger partial charge on any atom is 0.359 e.